The van der Waals surface area contributed by atoms with Crippen LogP contribution in [0.3, 0.4) is 0 Å². The van der Waals surface area contributed by atoms with E-state index >= 15 is 0 Å². The summed E-state index contributed by atoms with van der Waals surface area (Å²) in [5.41, 5.74) is 1.21. The summed E-state index contributed by atoms with van der Waals surface area (Å²) < 4.78 is 0. The molecule has 3 atom stereocenters. The summed E-state index contributed by atoms with van der Waals surface area (Å²) in [5, 5.41) is 3.22. The maximum Gasteiger partial charge on any atom is 0.230 e. The first-order valence-electron chi connectivity index (χ1n) is 8.25. The molecule has 2 rings (SSSR count). The lowest BCUT2D eigenvalue weighted by molar-refractivity contribution is -0.119. The van der Waals surface area contributed by atoms with Crippen LogP contribution in [0.5, 0.6) is 0 Å². The number of nitrogens with one attached hydrogen (secondary N) is 1. The number of benzene rings is 1. The number of hydrogen-bond donors (Lipinski definition) is 1. The number of thioether (sulfide) groups is 1. The molecule has 1 fully saturated rings. The van der Waals surface area contributed by atoms with Gasteiger partial charge >= 0.3 is 0 Å². The molecule has 1 aliphatic rings. The van der Waals surface area contributed by atoms with Crippen molar-refractivity contribution in [3.05, 3.63) is 42.0 Å². The molecule has 3 heteroatoms. The summed E-state index contributed by atoms with van der Waals surface area (Å²) >= 11 is 1.67. The van der Waals surface area contributed by atoms with Crippen LogP contribution in [0.15, 0.2) is 36.4 Å². The first-order valence-corrected chi connectivity index (χ1v) is 9.41. The first kappa shape index (κ1) is 17.1. The highest BCUT2D eigenvalue weighted by Crippen LogP contribution is 2.29. The third-order valence-electron chi connectivity index (χ3n) is 4.61. The normalized spacial score (nSPS) is 25.3. The lowest BCUT2D eigenvalue weighted by atomic mass is 9.78. The molecule has 0 bridgehead atoms. The predicted molar refractivity (Wildman–Crippen MR) is 96.9 cm³/mol. The van der Waals surface area contributed by atoms with Crippen LogP contribution in [0.4, 0.5) is 0 Å². The number of amides is 1. The Labute approximate surface area is 138 Å². The van der Waals surface area contributed by atoms with Crippen LogP contribution in [-0.4, -0.2) is 23.5 Å². The Bertz CT molecular complexity index is 485. The van der Waals surface area contributed by atoms with Crippen LogP contribution in [0.25, 0.3) is 6.08 Å². The average molecular weight is 317 g/mol. The van der Waals surface area contributed by atoms with Crippen LogP contribution in [-0.2, 0) is 4.79 Å². The minimum Gasteiger partial charge on any atom is -0.352 e. The topological polar surface area (TPSA) is 29.1 Å². The lowest BCUT2D eigenvalue weighted by Crippen LogP contribution is -2.44. The minimum absolute atomic E-state index is 0.184. The monoisotopic (exact) mass is 317 g/mol. The van der Waals surface area contributed by atoms with E-state index in [1.807, 2.05) is 18.2 Å². The Morgan fingerprint density at radius 2 is 2.05 bits per heavy atom. The molecule has 1 amide bonds. The molecule has 22 heavy (non-hydrogen) atoms. The Morgan fingerprint density at radius 1 is 1.27 bits per heavy atom. The molecule has 1 saturated carbocycles. The summed E-state index contributed by atoms with van der Waals surface area (Å²) in [7, 11) is 0. The first-order chi connectivity index (χ1) is 10.7. The van der Waals surface area contributed by atoms with E-state index < -0.39 is 0 Å². The molecular weight excluding hydrogens is 290 g/mol. The van der Waals surface area contributed by atoms with Gasteiger partial charge in [0.25, 0.3) is 0 Å². The van der Waals surface area contributed by atoms with Crippen molar-refractivity contribution in [1.29, 1.82) is 0 Å². The molecule has 1 N–H and O–H groups in total. The Balaban J connectivity index is 1.64. The van der Waals surface area contributed by atoms with E-state index in [2.05, 4.69) is 43.4 Å². The van der Waals surface area contributed by atoms with E-state index in [4.69, 9.17) is 0 Å². The van der Waals surface area contributed by atoms with Crippen molar-refractivity contribution >= 4 is 23.7 Å². The molecule has 1 aromatic rings. The molecule has 0 aromatic heterocycles. The van der Waals surface area contributed by atoms with Crippen molar-refractivity contribution in [2.75, 3.05) is 11.5 Å². The second-order valence-corrected chi connectivity index (χ2v) is 7.30. The summed E-state index contributed by atoms with van der Waals surface area (Å²) in [6.45, 7) is 4.57. The quantitative estimate of drug-likeness (QED) is 0.789. The summed E-state index contributed by atoms with van der Waals surface area (Å²) in [4.78, 5) is 12.0. The summed E-state index contributed by atoms with van der Waals surface area (Å²) in [5.74, 6) is 2.93. The molecule has 0 unspecified atom stereocenters. The zero-order valence-corrected chi connectivity index (χ0v) is 14.4. The van der Waals surface area contributed by atoms with Crippen molar-refractivity contribution in [3.63, 3.8) is 0 Å². The molecule has 0 radical (unpaired) electrons. The van der Waals surface area contributed by atoms with Gasteiger partial charge in [0, 0.05) is 11.8 Å². The van der Waals surface area contributed by atoms with Gasteiger partial charge in [-0.2, -0.15) is 0 Å². The maximum absolute atomic E-state index is 12.0. The molecule has 0 heterocycles. The largest absolute Gasteiger partial charge is 0.352 e. The van der Waals surface area contributed by atoms with Crippen LogP contribution in [0.2, 0.25) is 0 Å². The Hall–Kier alpha value is -1.22. The molecule has 0 aliphatic heterocycles. The van der Waals surface area contributed by atoms with Gasteiger partial charge in [0.2, 0.25) is 5.91 Å². The zero-order chi connectivity index (χ0) is 15.8. The van der Waals surface area contributed by atoms with E-state index in [0.29, 0.717) is 17.7 Å². The van der Waals surface area contributed by atoms with Crippen molar-refractivity contribution in [2.45, 2.75) is 39.2 Å². The van der Waals surface area contributed by atoms with Crippen LogP contribution < -0.4 is 5.32 Å². The number of carbonyl (C=O) groups is 1. The van der Waals surface area contributed by atoms with Crippen LogP contribution in [0, 0.1) is 11.8 Å². The fraction of sp³-hybridized carbons (Fsp3) is 0.526. The van der Waals surface area contributed by atoms with E-state index in [-0.39, 0.29) is 5.91 Å². The van der Waals surface area contributed by atoms with E-state index in [1.165, 1.54) is 18.4 Å². The zero-order valence-electron chi connectivity index (χ0n) is 13.6. The fourth-order valence-corrected chi connectivity index (χ4v) is 3.62. The number of carbonyl (C=O) groups excluding carboxylic acids is 1. The van der Waals surface area contributed by atoms with E-state index in [0.717, 1.165) is 18.1 Å². The van der Waals surface area contributed by atoms with E-state index in [1.54, 1.807) is 11.8 Å². The van der Waals surface area contributed by atoms with Crippen molar-refractivity contribution in [1.82, 2.24) is 5.32 Å². The highest BCUT2D eigenvalue weighted by molar-refractivity contribution is 8.00. The molecule has 1 aliphatic carbocycles. The van der Waals surface area contributed by atoms with Gasteiger partial charge in [-0.1, -0.05) is 69.2 Å². The fourth-order valence-electron chi connectivity index (χ4n) is 3.00. The van der Waals surface area contributed by atoms with Crippen molar-refractivity contribution in [2.24, 2.45) is 11.8 Å². The SMILES string of the molecule is C[C@@H]1[C@H](C)CCC[C@@H]1NC(=O)CSC/C=C\c1ccccc1. The minimum atomic E-state index is 0.184. The highest BCUT2D eigenvalue weighted by Gasteiger charge is 2.27. The van der Waals surface area contributed by atoms with Gasteiger partial charge in [-0.25, -0.2) is 0 Å². The second kappa shape index (κ2) is 9.04. The van der Waals surface area contributed by atoms with Crippen LogP contribution in [0.1, 0.15) is 38.7 Å². The van der Waals surface area contributed by atoms with Gasteiger partial charge in [-0.05, 0) is 23.8 Å². The van der Waals surface area contributed by atoms with E-state index in [9.17, 15) is 4.79 Å². The predicted octanol–water partition coefficient (Wildman–Crippen LogP) is 4.37. The van der Waals surface area contributed by atoms with Gasteiger partial charge in [-0.15, -0.1) is 11.8 Å². The molecule has 2 nitrogen and oxygen atoms in total. The third kappa shape index (κ3) is 5.53. The van der Waals surface area contributed by atoms with Crippen molar-refractivity contribution < 1.29 is 4.79 Å². The van der Waals surface area contributed by atoms with Gasteiger partial charge < -0.3 is 5.32 Å². The van der Waals surface area contributed by atoms with Gasteiger partial charge in [0.1, 0.15) is 0 Å². The lowest BCUT2D eigenvalue weighted by Gasteiger charge is -2.34. The molecule has 0 saturated heterocycles. The second-order valence-electron chi connectivity index (χ2n) is 6.27. The van der Waals surface area contributed by atoms with Gasteiger partial charge in [-0.3, -0.25) is 4.79 Å². The third-order valence-corrected chi connectivity index (χ3v) is 5.50. The molecule has 1 aromatic carbocycles. The number of hydrogen-bond acceptors (Lipinski definition) is 2. The molecular formula is C19H27NOS. The number of rotatable bonds is 6. The Kier molecular flexibility index (Phi) is 7.04. The highest BCUT2D eigenvalue weighted by atomic mass is 32.2. The summed E-state index contributed by atoms with van der Waals surface area (Å²) in [6.07, 6.45) is 7.90. The Morgan fingerprint density at radius 3 is 2.82 bits per heavy atom. The average Bonchev–Trinajstić information content (AvgIpc) is 2.52. The van der Waals surface area contributed by atoms with Gasteiger partial charge in [0.15, 0.2) is 0 Å². The van der Waals surface area contributed by atoms with Crippen LogP contribution >= 0.6 is 11.8 Å². The molecule has 120 valence electrons. The molecule has 0 spiro atoms. The maximum atomic E-state index is 12.0. The standard InChI is InChI=1S/C19H27NOS/c1-15-8-6-12-18(16(15)2)20-19(21)14-22-13-7-11-17-9-4-3-5-10-17/h3-5,7,9-11,15-16,18H,6,8,12-14H2,1-2H3,(H,20,21)/b11-7-/t15-,16-,18+/m1/s1. The summed E-state index contributed by atoms with van der Waals surface area (Å²) in [6, 6.07) is 10.6. The van der Waals surface area contributed by atoms with Crippen molar-refractivity contribution in [3.8, 4) is 0 Å². The van der Waals surface area contributed by atoms with Gasteiger partial charge in [0.05, 0.1) is 5.75 Å². The smallest absolute Gasteiger partial charge is 0.230 e.